The Bertz CT molecular complexity index is 393. The molecule has 0 aromatic heterocycles. The van der Waals surface area contributed by atoms with E-state index in [1.807, 2.05) is 0 Å². The maximum Gasteiger partial charge on any atom is 0.344 e. The van der Waals surface area contributed by atoms with Gasteiger partial charge in [-0.2, -0.15) is 0 Å². The Morgan fingerprint density at radius 3 is 2.81 bits per heavy atom. The molecule has 0 aliphatic heterocycles. The van der Waals surface area contributed by atoms with Gasteiger partial charge in [-0.3, -0.25) is 0 Å². The Morgan fingerprint density at radius 2 is 2.19 bits per heavy atom. The van der Waals surface area contributed by atoms with E-state index in [1.54, 1.807) is 13.8 Å². The lowest BCUT2D eigenvalue weighted by molar-refractivity contribution is -0.145. The Balaban J connectivity index is 2.67. The third-order valence-electron chi connectivity index (χ3n) is 1.86. The lowest BCUT2D eigenvalue weighted by atomic mass is 10.2. The lowest BCUT2D eigenvalue weighted by Crippen LogP contribution is -2.14. The predicted octanol–water partition coefficient (Wildman–Crippen LogP) is 2.73. The summed E-state index contributed by atoms with van der Waals surface area (Å²) >= 11 is 5.74. The van der Waals surface area contributed by atoms with Crippen LogP contribution in [0.1, 0.15) is 12.5 Å². The van der Waals surface area contributed by atoms with Crippen LogP contribution in [-0.4, -0.2) is 19.2 Å². The number of ether oxygens (including phenoxy) is 2. The van der Waals surface area contributed by atoms with Crippen LogP contribution < -0.4 is 4.74 Å². The molecular weight excluding hydrogens is 235 g/mol. The summed E-state index contributed by atoms with van der Waals surface area (Å²) in [5.74, 6) is -0.623. The van der Waals surface area contributed by atoms with Gasteiger partial charge in [-0.05, 0) is 31.5 Å². The van der Waals surface area contributed by atoms with Gasteiger partial charge in [0.1, 0.15) is 11.6 Å². The van der Waals surface area contributed by atoms with E-state index in [4.69, 9.17) is 16.3 Å². The number of aryl methyl sites for hydroxylation is 1. The summed E-state index contributed by atoms with van der Waals surface area (Å²) in [6.07, 6.45) is 0. The molecule has 1 aromatic carbocycles. The zero-order valence-corrected chi connectivity index (χ0v) is 9.81. The summed E-state index contributed by atoms with van der Waals surface area (Å²) in [5, 5.41) is 0.132. The van der Waals surface area contributed by atoms with Gasteiger partial charge >= 0.3 is 5.97 Å². The fourth-order valence-electron chi connectivity index (χ4n) is 1.08. The lowest BCUT2D eigenvalue weighted by Gasteiger charge is -2.08. The number of benzene rings is 1. The second-order valence-corrected chi connectivity index (χ2v) is 3.53. The third kappa shape index (κ3) is 3.38. The fourth-order valence-corrected chi connectivity index (χ4v) is 1.29. The number of rotatable bonds is 4. The molecule has 0 heterocycles. The van der Waals surface area contributed by atoms with Crippen LogP contribution in [-0.2, 0) is 9.53 Å². The summed E-state index contributed by atoms with van der Waals surface area (Å²) in [6, 6.07) is 2.59. The monoisotopic (exact) mass is 246 g/mol. The van der Waals surface area contributed by atoms with Crippen LogP contribution in [0, 0.1) is 12.7 Å². The number of halogens is 2. The Morgan fingerprint density at radius 1 is 1.50 bits per heavy atom. The number of esters is 1. The summed E-state index contributed by atoms with van der Waals surface area (Å²) < 4.78 is 22.8. The standard InChI is InChI=1S/C11H12ClFO3/c1-3-15-11(14)6-16-10-4-7(2)9(13)5-8(10)12/h4-5H,3,6H2,1-2H3. The Kier molecular flexibility index (Phi) is 4.55. The smallest absolute Gasteiger partial charge is 0.344 e. The van der Waals surface area contributed by atoms with E-state index in [2.05, 4.69) is 4.74 Å². The molecular formula is C11H12ClFO3. The highest BCUT2D eigenvalue weighted by Crippen LogP contribution is 2.27. The minimum Gasteiger partial charge on any atom is -0.480 e. The number of hydrogen-bond donors (Lipinski definition) is 0. The van der Waals surface area contributed by atoms with Gasteiger partial charge in [-0.15, -0.1) is 0 Å². The first-order valence-electron chi connectivity index (χ1n) is 4.78. The third-order valence-corrected chi connectivity index (χ3v) is 2.16. The van der Waals surface area contributed by atoms with Gasteiger partial charge in [0.25, 0.3) is 0 Å². The van der Waals surface area contributed by atoms with Crippen LogP contribution in [0.25, 0.3) is 0 Å². The number of carbonyl (C=O) groups is 1. The van der Waals surface area contributed by atoms with Crippen molar-refractivity contribution < 1.29 is 18.7 Å². The van der Waals surface area contributed by atoms with Crippen LogP contribution in [0.4, 0.5) is 4.39 Å². The van der Waals surface area contributed by atoms with Crippen LogP contribution in [0.5, 0.6) is 5.75 Å². The zero-order valence-electron chi connectivity index (χ0n) is 9.05. The summed E-state index contributed by atoms with van der Waals surface area (Å²) in [4.78, 5) is 11.0. The van der Waals surface area contributed by atoms with E-state index in [0.29, 0.717) is 12.2 Å². The highest BCUT2D eigenvalue weighted by Gasteiger charge is 2.09. The summed E-state index contributed by atoms with van der Waals surface area (Å²) in [6.45, 7) is 3.34. The quantitative estimate of drug-likeness (QED) is 0.767. The van der Waals surface area contributed by atoms with Crippen LogP contribution in [0.3, 0.4) is 0 Å². The highest BCUT2D eigenvalue weighted by atomic mass is 35.5. The van der Waals surface area contributed by atoms with Crippen LogP contribution in [0.2, 0.25) is 5.02 Å². The molecule has 0 N–H and O–H groups in total. The molecule has 0 spiro atoms. The van der Waals surface area contributed by atoms with Crippen molar-refractivity contribution in [2.45, 2.75) is 13.8 Å². The van der Waals surface area contributed by atoms with Crippen molar-refractivity contribution >= 4 is 17.6 Å². The number of carbonyl (C=O) groups excluding carboxylic acids is 1. The molecule has 0 aliphatic rings. The molecule has 1 rings (SSSR count). The van der Waals surface area contributed by atoms with E-state index in [9.17, 15) is 9.18 Å². The first kappa shape index (κ1) is 12.8. The van der Waals surface area contributed by atoms with Gasteiger partial charge in [-0.25, -0.2) is 9.18 Å². The minimum absolute atomic E-state index is 0.132. The van der Waals surface area contributed by atoms with Crippen molar-refractivity contribution in [3.63, 3.8) is 0 Å². The van der Waals surface area contributed by atoms with Crippen molar-refractivity contribution in [2.24, 2.45) is 0 Å². The maximum absolute atomic E-state index is 13.0. The largest absolute Gasteiger partial charge is 0.480 e. The molecule has 0 radical (unpaired) electrons. The van der Waals surface area contributed by atoms with E-state index < -0.39 is 11.8 Å². The molecule has 0 bridgehead atoms. The SMILES string of the molecule is CCOC(=O)COc1cc(C)c(F)cc1Cl. The summed E-state index contributed by atoms with van der Waals surface area (Å²) in [5.41, 5.74) is 0.406. The van der Waals surface area contributed by atoms with E-state index in [0.717, 1.165) is 6.07 Å². The molecule has 0 saturated carbocycles. The van der Waals surface area contributed by atoms with Crippen molar-refractivity contribution in [1.29, 1.82) is 0 Å². The molecule has 3 nitrogen and oxygen atoms in total. The molecule has 0 aliphatic carbocycles. The predicted molar refractivity (Wildman–Crippen MR) is 58.3 cm³/mol. The van der Waals surface area contributed by atoms with Gasteiger partial charge in [0.05, 0.1) is 11.6 Å². The van der Waals surface area contributed by atoms with Crippen LogP contribution >= 0.6 is 11.6 Å². The first-order valence-corrected chi connectivity index (χ1v) is 5.16. The highest BCUT2D eigenvalue weighted by molar-refractivity contribution is 6.32. The Labute approximate surface area is 98.1 Å². The molecule has 0 fully saturated rings. The molecule has 0 atom stereocenters. The topological polar surface area (TPSA) is 35.5 Å². The van der Waals surface area contributed by atoms with E-state index in [1.165, 1.54) is 6.07 Å². The number of hydrogen-bond acceptors (Lipinski definition) is 3. The molecule has 16 heavy (non-hydrogen) atoms. The molecule has 0 saturated heterocycles. The molecule has 0 amide bonds. The van der Waals surface area contributed by atoms with Gasteiger partial charge in [0.2, 0.25) is 0 Å². The first-order chi connectivity index (χ1) is 7.54. The van der Waals surface area contributed by atoms with Crippen LogP contribution in [0.15, 0.2) is 12.1 Å². The molecule has 5 heteroatoms. The molecule has 88 valence electrons. The van der Waals surface area contributed by atoms with Gasteiger partial charge < -0.3 is 9.47 Å². The molecule has 0 unspecified atom stereocenters. The zero-order chi connectivity index (χ0) is 12.1. The van der Waals surface area contributed by atoms with Gasteiger partial charge in [0, 0.05) is 0 Å². The van der Waals surface area contributed by atoms with Crippen molar-refractivity contribution in [2.75, 3.05) is 13.2 Å². The van der Waals surface area contributed by atoms with E-state index >= 15 is 0 Å². The van der Waals surface area contributed by atoms with Gasteiger partial charge in [0.15, 0.2) is 6.61 Å². The minimum atomic E-state index is -0.486. The van der Waals surface area contributed by atoms with Crippen molar-refractivity contribution in [1.82, 2.24) is 0 Å². The van der Waals surface area contributed by atoms with Crippen molar-refractivity contribution in [3.05, 3.63) is 28.5 Å². The van der Waals surface area contributed by atoms with Gasteiger partial charge in [-0.1, -0.05) is 11.6 Å². The molecule has 1 aromatic rings. The van der Waals surface area contributed by atoms with E-state index in [-0.39, 0.29) is 17.4 Å². The summed E-state index contributed by atoms with van der Waals surface area (Å²) in [7, 11) is 0. The average molecular weight is 247 g/mol. The fraction of sp³-hybridized carbons (Fsp3) is 0.364. The maximum atomic E-state index is 13.0. The normalized spacial score (nSPS) is 10.0. The Hall–Kier alpha value is -1.29. The second kappa shape index (κ2) is 5.70. The van der Waals surface area contributed by atoms with Crippen molar-refractivity contribution in [3.8, 4) is 5.75 Å². The second-order valence-electron chi connectivity index (χ2n) is 3.13. The average Bonchev–Trinajstić information content (AvgIpc) is 2.22.